The van der Waals surface area contributed by atoms with E-state index >= 15 is 0 Å². The average molecular weight is 269 g/mol. The second kappa shape index (κ2) is 5.67. The third-order valence-corrected chi connectivity index (χ3v) is 3.97. The van der Waals surface area contributed by atoms with Gasteiger partial charge >= 0.3 is 6.09 Å². The quantitative estimate of drug-likeness (QED) is 0.782. The van der Waals surface area contributed by atoms with Crippen molar-refractivity contribution in [2.24, 2.45) is 5.73 Å². The first-order chi connectivity index (χ1) is 8.87. The zero-order valence-electron chi connectivity index (χ0n) is 12.4. The Bertz CT molecular complexity index is 319. The van der Waals surface area contributed by atoms with Crippen molar-refractivity contribution in [2.75, 3.05) is 26.2 Å². The number of nitrogens with zero attached hydrogens (tertiary/aromatic N) is 2. The van der Waals surface area contributed by atoms with Crippen molar-refractivity contribution in [3.63, 3.8) is 0 Å². The molecular formula is C14H27N3O2. The van der Waals surface area contributed by atoms with Crippen LogP contribution in [-0.2, 0) is 4.74 Å². The number of ether oxygens (including phenoxy) is 1. The molecule has 1 amide bonds. The van der Waals surface area contributed by atoms with Gasteiger partial charge in [-0.3, -0.25) is 4.90 Å². The minimum atomic E-state index is -0.415. The lowest BCUT2D eigenvalue weighted by Crippen LogP contribution is -2.55. The zero-order chi connectivity index (χ0) is 14.0. The van der Waals surface area contributed by atoms with Gasteiger partial charge in [0.15, 0.2) is 0 Å². The van der Waals surface area contributed by atoms with E-state index in [0.717, 1.165) is 32.6 Å². The van der Waals surface area contributed by atoms with E-state index in [1.54, 1.807) is 0 Å². The van der Waals surface area contributed by atoms with E-state index in [0.29, 0.717) is 12.1 Å². The van der Waals surface area contributed by atoms with Crippen LogP contribution in [0.15, 0.2) is 0 Å². The molecule has 5 nitrogen and oxygen atoms in total. The van der Waals surface area contributed by atoms with E-state index in [2.05, 4.69) is 4.90 Å². The summed E-state index contributed by atoms with van der Waals surface area (Å²) >= 11 is 0. The molecule has 1 saturated heterocycles. The number of piperazine rings is 1. The molecule has 5 heteroatoms. The molecule has 0 aromatic rings. The van der Waals surface area contributed by atoms with Crippen LogP contribution in [0, 0.1) is 0 Å². The summed E-state index contributed by atoms with van der Waals surface area (Å²) in [6.07, 6.45) is 3.38. The summed E-state index contributed by atoms with van der Waals surface area (Å²) in [5.74, 6) is 0. The maximum Gasteiger partial charge on any atom is 0.410 e. The first-order valence-electron chi connectivity index (χ1n) is 7.34. The number of nitrogens with two attached hydrogens (primary N) is 1. The van der Waals surface area contributed by atoms with Crippen LogP contribution in [0.25, 0.3) is 0 Å². The Morgan fingerprint density at radius 2 is 1.79 bits per heavy atom. The topological polar surface area (TPSA) is 58.8 Å². The van der Waals surface area contributed by atoms with E-state index in [1.807, 2.05) is 25.7 Å². The molecule has 2 fully saturated rings. The van der Waals surface area contributed by atoms with Crippen LogP contribution in [0.5, 0.6) is 0 Å². The first kappa shape index (κ1) is 14.6. The molecule has 2 N–H and O–H groups in total. The van der Waals surface area contributed by atoms with Crippen LogP contribution in [0.4, 0.5) is 4.79 Å². The van der Waals surface area contributed by atoms with Crippen LogP contribution in [0.1, 0.15) is 40.0 Å². The minimum Gasteiger partial charge on any atom is -0.444 e. The summed E-state index contributed by atoms with van der Waals surface area (Å²) in [5, 5.41) is 0. The van der Waals surface area contributed by atoms with Crippen LogP contribution in [0.3, 0.4) is 0 Å². The van der Waals surface area contributed by atoms with Crippen molar-refractivity contribution >= 4 is 6.09 Å². The van der Waals surface area contributed by atoms with Gasteiger partial charge in [0.2, 0.25) is 0 Å². The Labute approximate surface area is 116 Å². The highest BCUT2D eigenvalue weighted by molar-refractivity contribution is 5.68. The minimum absolute atomic E-state index is 0.192. The summed E-state index contributed by atoms with van der Waals surface area (Å²) in [6.45, 7) is 9.03. The lowest BCUT2D eigenvalue weighted by atomic mass is 10.1. The van der Waals surface area contributed by atoms with Crippen LogP contribution in [0.2, 0.25) is 0 Å². The Hall–Kier alpha value is -0.810. The Kier molecular flexibility index (Phi) is 4.36. The lowest BCUT2D eigenvalue weighted by Gasteiger charge is -2.39. The summed E-state index contributed by atoms with van der Waals surface area (Å²) < 4.78 is 5.40. The van der Waals surface area contributed by atoms with Gasteiger partial charge in [0.25, 0.3) is 0 Å². The van der Waals surface area contributed by atoms with E-state index in [4.69, 9.17) is 10.5 Å². The summed E-state index contributed by atoms with van der Waals surface area (Å²) in [4.78, 5) is 16.2. The molecule has 1 aliphatic heterocycles. The van der Waals surface area contributed by atoms with Gasteiger partial charge in [0, 0.05) is 38.3 Å². The first-order valence-corrected chi connectivity index (χ1v) is 7.34. The highest BCUT2D eigenvalue weighted by Crippen LogP contribution is 2.24. The maximum atomic E-state index is 12.0. The predicted octanol–water partition coefficient (Wildman–Crippen LogP) is 1.42. The molecule has 2 unspecified atom stereocenters. The largest absolute Gasteiger partial charge is 0.444 e. The fourth-order valence-electron chi connectivity index (χ4n) is 2.99. The second-order valence-electron chi connectivity index (χ2n) is 6.67. The lowest BCUT2D eigenvalue weighted by molar-refractivity contribution is 0.00994. The fraction of sp³-hybridized carbons (Fsp3) is 0.929. The average Bonchev–Trinajstić information content (AvgIpc) is 2.73. The summed E-state index contributed by atoms with van der Waals surface area (Å²) in [6, 6.07) is 0.828. The van der Waals surface area contributed by atoms with Crippen molar-refractivity contribution in [3.05, 3.63) is 0 Å². The normalized spacial score (nSPS) is 29.6. The molecule has 2 atom stereocenters. The SMILES string of the molecule is CC(C)(C)OC(=O)N1CCN(C2CCCC2N)CC1. The van der Waals surface area contributed by atoms with Crippen LogP contribution >= 0.6 is 0 Å². The molecule has 0 aromatic heterocycles. The van der Waals surface area contributed by atoms with Crippen LogP contribution in [-0.4, -0.2) is 59.8 Å². The van der Waals surface area contributed by atoms with Gasteiger partial charge in [-0.25, -0.2) is 4.79 Å². The monoisotopic (exact) mass is 269 g/mol. The highest BCUT2D eigenvalue weighted by atomic mass is 16.6. The smallest absolute Gasteiger partial charge is 0.410 e. The predicted molar refractivity (Wildman–Crippen MR) is 75.0 cm³/mol. The molecule has 1 saturated carbocycles. The molecule has 1 heterocycles. The van der Waals surface area contributed by atoms with Gasteiger partial charge in [-0.1, -0.05) is 6.42 Å². The zero-order valence-corrected chi connectivity index (χ0v) is 12.4. The Balaban J connectivity index is 1.80. The van der Waals surface area contributed by atoms with Gasteiger partial charge in [0.05, 0.1) is 0 Å². The number of carbonyl (C=O) groups is 1. The van der Waals surface area contributed by atoms with Gasteiger partial charge in [-0.2, -0.15) is 0 Å². The van der Waals surface area contributed by atoms with Crippen molar-refractivity contribution in [2.45, 2.75) is 57.7 Å². The molecule has 110 valence electrons. The molecule has 1 aliphatic carbocycles. The van der Waals surface area contributed by atoms with E-state index in [-0.39, 0.29) is 6.09 Å². The van der Waals surface area contributed by atoms with Gasteiger partial charge in [0.1, 0.15) is 5.60 Å². The molecule has 19 heavy (non-hydrogen) atoms. The van der Waals surface area contributed by atoms with Gasteiger partial charge in [-0.05, 0) is 33.6 Å². The van der Waals surface area contributed by atoms with Gasteiger partial charge in [-0.15, -0.1) is 0 Å². The third-order valence-electron chi connectivity index (χ3n) is 3.97. The summed E-state index contributed by atoms with van der Waals surface area (Å²) in [7, 11) is 0. The van der Waals surface area contributed by atoms with E-state index < -0.39 is 5.60 Å². The molecule has 2 aliphatic rings. The third kappa shape index (κ3) is 3.83. The molecule has 0 radical (unpaired) electrons. The second-order valence-corrected chi connectivity index (χ2v) is 6.67. The van der Waals surface area contributed by atoms with Crippen LogP contribution < -0.4 is 5.73 Å². The highest BCUT2D eigenvalue weighted by Gasteiger charge is 2.33. The molecule has 0 aromatic carbocycles. The number of hydrogen-bond acceptors (Lipinski definition) is 4. The molecule has 0 bridgehead atoms. The Morgan fingerprint density at radius 3 is 2.26 bits per heavy atom. The maximum absolute atomic E-state index is 12.0. The molecule has 2 rings (SSSR count). The Morgan fingerprint density at radius 1 is 1.16 bits per heavy atom. The van der Waals surface area contributed by atoms with E-state index in [9.17, 15) is 4.79 Å². The van der Waals surface area contributed by atoms with Crippen molar-refractivity contribution < 1.29 is 9.53 Å². The van der Waals surface area contributed by atoms with Crippen molar-refractivity contribution in [3.8, 4) is 0 Å². The van der Waals surface area contributed by atoms with Crippen molar-refractivity contribution in [1.82, 2.24) is 9.80 Å². The number of rotatable bonds is 1. The molecular weight excluding hydrogens is 242 g/mol. The molecule has 0 spiro atoms. The van der Waals surface area contributed by atoms with E-state index in [1.165, 1.54) is 12.8 Å². The summed E-state index contributed by atoms with van der Waals surface area (Å²) in [5.41, 5.74) is 5.73. The van der Waals surface area contributed by atoms with Crippen molar-refractivity contribution in [1.29, 1.82) is 0 Å². The number of amides is 1. The fourth-order valence-corrected chi connectivity index (χ4v) is 2.99. The standard InChI is InChI=1S/C14H27N3O2/c1-14(2,3)19-13(18)17-9-7-16(8-10-17)12-6-4-5-11(12)15/h11-12H,4-10,15H2,1-3H3. The number of hydrogen-bond donors (Lipinski definition) is 1. The number of carbonyl (C=O) groups excluding carboxylic acids is 1. The van der Waals surface area contributed by atoms with Gasteiger partial charge < -0.3 is 15.4 Å².